The fourth-order valence-corrected chi connectivity index (χ4v) is 1.40. The molecule has 1 aromatic heterocycles. The third kappa shape index (κ3) is 5.25. The van der Waals surface area contributed by atoms with Crippen molar-refractivity contribution in [3.8, 4) is 0 Å². The van der Waals surface area contributed by atoms with E-state index in [1.165, 1.54) is 0 Å². The molecule has 1 heterocycles. The molecule has 0 radical (unpaired) electrons. The molecule has 0 aliphatic heterocycles. The van der Waals surface area contributed by atoms with Crippen LogP contribution >= 0.6 is 0 Å². The number of ether oxygens (including phenoxy) is 1. The molecule has 0 saturated carbocycles. The number of hydrogen-bond acceptors (Lipinski definition) is 4. The SMILES string of the molecule is CCOCCCNCc1cnn(CCO)c1. The molecule has 0 unspecified atom stereocenters. The predicted octanol–water partition coefficient (Wildman–Crippen LogP) is 0.392. The van der Waals surface area contributed by atoms with Crippen LogP contribution in [0.4, 0.5) is 0 Å². The number of nitrogens with zero attached hydrogens (tertiary/aromatic N) is 2. The van der Waals surface area contributed by atoms with E-state index in [0.29, 0.717) is 6.54 Å². The van der Waals surface area contributed by atoms with Crippen LogP contribution in [-0.2, 0) is 17.8 Å². The first-order valence-corrected chi connectivity index (χ1v) is 5.77. The van der Waals surface area contributed by atoms with Crippen molar-refractivity contribution in [3.05, 3.63) is 18.0 Å². The van der Waals surface area contributed by atoms with Crippen molar-refractivity contribution < 1.29 is 9.84 Å². The lowest BCUT2D eigenvalue weighted by Gasteiger charge is -2.03. The van der Waals surface area contributed by atoms with Crippen molar-refractivity contribution in [3.63, 3.8) is 0 Å². The zero-order valence-corrected chi connectivity index (χ0v) is 9.85. The van der Waals surface area contributed by atoms with Crippen LogP contribution in [0.2, 0.25) is 0 Å². The average Bonchev–Trinajstić information content (AvgIpc) is 2.72. The summed E-state index contributed by atoms with van der Waals surface area (Å²) in [6.45, 7) is 6.06. The maximum absolute atomic E-state index is 8.74. The minimum absolute atomic E-state index is 0.128. The highest BCUT2D eigenvalue weighted by Gasteiger charge is 1.97. The predicted molar refractivity (Wildman–Crippen MR) is 62.1 cm³/mol. The molecule has 16 heavy (non-hydrogen) atoms. The molecule has 0 aliphatic rings. The summed E-state index contributed by atoms with van der Waals surface area (Å²) in [5.74, 6) is 0. The highest BCUT2D eigenvalue weighted by molar-refractivity contribution is 5.03. The molecule has 0 bridgehead atoms. The maximum Gasteiger partial charge on any atom is 0.0640 e. The Morgan fingerprint density at radius 3 is 3.19 bits per heavy atom. The lowest BCUT2D eigenvalue weighted by molar-refractivity contribution is 0.144. The fourth-order valence-electron chi connectivity index (χ4n) is 1.40. The molecule has 0 aromatic carbocycles. The molecular weight excluding hydrogens is 206 g/mol. The molecule has 1 rings (SSSR count). The Hall–Kier alpha value is -0.910. The van der Waals surface area contributed by atoms with Crippen LogP contribution in [0.1, 0.15) is 18.9 Å². The van der Waals surface area contributed by atoms with E-state index in [1.807, 2.05) is 19.3 Å². The van der Waals surface area contributed by atoms with E-state index in [9.17, 15) is 0 Å². The van der Waals surface area contributed by atoms with Crippen LogP contribution in [0.5, 0.6) is 0 Å². The number of aliphatic hydroxyl groups is 1. The second kappa shape index (κ2) is 8.27. The second-order valence-electron chi connectivity index (χ2n) is 3.56. The number of aromatic nitrogens is 2. The standard InChI is InChI=1S/C11H21N3O2/c1-2-16-7-3-4-12-8-11-9-13-14(10-11)5-6-15/h9-10,12,15H,2-8H2,1H3. The van der Waals surface area contributed by atoms with Gasteiger partial charge in [0.1, 0.15) is 0 Å². The summed E-state index contributed by atoms with van der Waals surface area (Å²) in [5.41, 5.74) is 1.14. The molecule has 92 valence electrons. The van der Waals surface area contributed by atoms with Crippen molar-refractivity contribution in [2.24, 2.45) is 0 Å². The molecule has 0 atom stereocenters. The summed E-state index contributed by atoms with van der Waals surface area (Å²) in [6.07, 6.45) is 4.80. The molecule has 5 heteroatoms. The Bertz CT molecular complexity index is 276. The summed E-state index contributed by atoms with van der Waals surface area (Å²) in [4.78, 5) is 0. The first kappa shape index (κ1) is 13.2. The Balaban J connectivity index is 2.07. The third-order valence-corrected chi connectivity index (χ3v) is 2.19. The van der Waals surface area contributed by atoms with Crippen LogP contribution in [0.15, 0.2) is 12.4 Å². The first-order chi connectivity index (χ1) is 7.86. The van der Waals surface area contributed by atoms with Gasteiger partial charge < -0.3 is 15.2 Å². The summed E-state index contributed by atoms with van der Waals surface area (Å²) in [5, 5.41) is 16.2. The van der Waals surface area contributed by atoms with Gasteiger partial charge in [-0.1, -0.05) is 0 Å². The van der Waals surface area contributed by atoms with Gasteiger partial charge in [0, 0.05) is 31.5 Å². The van der Waals surface area contributed by atoms with Gasteiger partial charge in [-0.25, -0.2) is 0 Å². The highest BCUT2D eigenvalue weighted by Crippen LogP contribution is 1.96. The van der Waals surface area contributed by atoms with Gasteiger partial charge in [0.15, 0.2) is 0 Å². The maximum atomic E-state index is 8.74. The zero-order valence-electron chi connectivity index (χ0n) is 9.85. The monoisotopic (exact) mass is 227 g/mol. The van der Waals surface area contributed by atoms with Crippen LogP contribution in [0.25, 0.3) is 0 Å². The summed E-state index contributed by atoms with van der Waals surface area (Å²) < 4.78 is 6.98. The first-order valence-electron chi connectivity index (χ1n) is 5.77. The van der Waals surface area contributed by atoms with E-state index in [-0.39, 0.29) is 6.61 Å². The fraction of sp³-hybridized carbons (Fsp3) is 0.727. The molecular formula is C11H21N3O2. The van der Waals surface area contributed by atoms with Gasteiger partial charge in [-0.05, 0) is 19.9 Å². The van der Waals surface area contributed by atoms with E-state index in [4.69, 9.17) is 9.84 Å². The Morgan fingerprint density at radius 1 is 1.56 bits per heavy atom. The molecule has 0 spiro atoms. The van der Waals surface area contributed by atoms with Crippen LogP contribution in [0.3, 0.4) is 0 Å². The van der Waals surface area contributed by atoms with Crippen molar-refractivity contribution in [1.29, 1.82) is 0 Å². The second-order valence-corrected chi connectivity index (χ2v) is 3.56. The van der Waals surface area contributed by atoms with Crippen LogP contribution in [-0.4, -0.2) is 41.3 Å². The van der Waals surface area contributed by atoms with Gasteiger partial charge >= 0.3 is 0 Å². The quantitative estimate of drug-likeness (QED) is 0.599. The molecule has 2 N–H and O–H groups in total. The minimum atomic E-state index is 0.128. The van der Waals surface area contributed by atoms with Gasteiger partial charge in [0.2, 0.25) is 0 Å². The molecule has 0 aliphatic carbocycles. The largest absolute Gasteiger partial charge is 0.394 e. The Kier molecular flexibility index (Phi) is 6.80. The van der Waals surface area contributed by atoms with Crippen LogP contribution in [0, 0.1) is 0 Å². The van der Waals surface area contributed by atoms with Gasteiger partial charge in [0.25, 0.3) is 0 Å². The molecule has 1 aromatic rings. The van der Waals surface area contributed by atoms with E-state index in [1.54, 1.807) is 4.68 Å². The van der Waals surface area contributed by atoms with Gasteiger partial charge in [-0.3, -0.25) is 4.68 Å². The van der Waals surface area contributed by atoms with Gasteiger partial charge in [-0.15, -0.1) is 0 Å². The number of rotatable bonds is 9. The molecule has 5 nitrogen and oxygen atoms in total. The molecule has 0 amide bonds. The van der Waals surface area contributed by atoms with Crippen molar-refractivity contribution in [2.75, 3.05) is 26.4 Å². The topological polar surface area (TPSA) is 59.3 Å². The minimum Gasteiger partial charge on any atom is -0.394 e. The van der Waals surface area contributed by atoms with E-state index < -0.39 is 0 Å². The van der Waals surface area contributed by atoms with E-state index >= 15 is 0 Å². The lowest BCUT2D eigenvalue weighted by Crippen LogP contribution is -2.16. The van der Waals surface area contributed by atoms with Gasteiger partial charge in [0.05, 0.1) is 19.3 Å². The highest BCUT2D eigenvalue weighted by atomic mass is 16.5. The number of hydrogen-bond donors (Lipinski definition) is 2. The molecule has 0 saturated heterocycles. The number of nitrogens with one attached hydrogen (secondary N) is 1. The normalized spacial score (nSPS) is 10.9. The van der Waals surface area contributed by atoms with Gasteiger partial charge in [-0.2, -0.15) is 5.10 Å². The third-order valence-electron chi connectivity index (χ3n) is 2.19. The van der Waals surface area contributed by atoms with Crippen molar-refractivity contribution in [1.82, 2.24) is 15.1 Å². The molecule has 0 fully saturated rings. The lowest BCUT2D eigenvalue weighted by atomic mass is 10.3. The van der Waals surface area contributed by atoms with E-state index in [0.717, 1.165) is 38.3 Å². The summed E-state index contributed by atoms with van der Waals surface area (Å²) in [7, 11) is 0. The van der Waals surface area contributed by atoms with Crippen molar-refractivity contribution in [2.45, 2.75) is 26.4 Å². The summed E-state index contributed by atoms with van der Waals surface area (Å²) >= 11 is 0. The number of aliphatic hydroxyl groups excluding tert-OH is 1. The Labute approximate surface area is 96.4 Å². The summed E-state index contributed by atoms with van der Waals surface area (Å²) in [6, 6.07) is 0. The van der Waals surface area contributed by atoms with E-state index in [2.05, 4.69) is 10.4 Å². The smallest absolute Gasteiger partial charge is 0.0640 e. The van der Waals surface area contributed by atoms with Crippen LogP contribution < -0.4 is 5.32 Å². The van der Waals surface area contributed by atoms with Crippen molar-refractivity contribution >= 4 is 0 Å². The zero-order chi connectivity index (χ0) is 11.6. The Morgan fingerprint density at radius 2 is 2.44 bits per heavy atom. The average molecular weight is 227 g/mol.